The molecule has 3 aromatic rings. The highest BCUT2D eigenvalue weighted by Crippen LogP contribution is 2.24. The van der Waals surface area contributed by atoms with Crippen molar-refractivity contribution in [1.82, 2.24) is 15.3 Å². The van der Waals surface area contributed by atoms with E-state index in [-0.39, 0.29) is 6.04 Å². The second-order valence-electron chi connectivity index (χ2n) is 4.42. The van der Waals surface area contributed by atoms with Crippen molar-refractivity contribution in [3.05, 3.63) is 59.4 Å². The van der Waals surface area contributed by atoms with Crippen molar-refractivity contribution < 1.29 is 0 Å². The van der Waals surface area contributed by atoms with E-state index in [2.05, 4.69) is 51.0 Å². The Bertz CT molecular complexity index is 663. The third kappa shape index (κ3) is 2.50. The Morgan fingerprint density at radius 3 is 2.79 bits per heavy atom. The van der Waals surface area contributed by atoms with Crippen LogP contribution >= 0.6 is 11.3 Å². The van der Waals surface area contributed by atoms with Crippen molar-refractivity contribution in [2.75, 3.05) is 7.05 Å². The highest BCUT2D eigenvalue weighted by molar-refractivity contribution is 7.16. The van der Waals surface area contributed by atoms with Gasteiger partial charge in [0.25, 0.3) is 0 Å². The van der Waals surface area contributed by atoms with Crippen LogP contribution in [0.4, 0.5) is 0 Å². The van der Waals surface area contributed by atoms with Gasteiger partial charge in [-0.2, -0.15) is 0 Å². The molecule has 0 saturated carbocycles. The molecule has 1 N–H and O–H groups in total. The SMILES string of the molecule is CNC(Cc1ncnc2sccc12)c1ccccc1. The summed E-state index contributed by atoms with van der Waals surface area (Å²) in [6.45, 7) is 0. The van der Waals surface area contributed by atoms with Gasteiger partial charge < -0.3 is 5.32 Å². The van der Waals surface area contributed by atoms with Crippen LogP contribution in [0.1, 0.15) is 17.3 Å². The maximum Gasteiger partial charge on any atom is 0.126 e. The number of hydrogen-bond donors (Lipinski definition) is 1. The maximum atomic E-state index is 4.45. The summed E-state index contributed by atoms with van der Waals surface area (Å²) < 4.78 is 0. The molecule has 1 unspecified atom stereocenters. The second-order valence-corrected chi connectivity index (χ2v) is 5.31. The average molecular weight is 269 g/mol. The first-order chi connectivity index (χ1) is 9.38. The summed E-state index contributed by atoms with van der Waals surface area (Å²) in [7, 11) is 1.99. The second kappa shape index (κ2) is 5.47. The number of aromatic nitrogens is 2. The van der Waals surface area contributed by atoms with Crippen LogP contribution in [0.15, 0.2) is 48.1 Å². The molecule has 2 aromatic heterocycles. The lowest BCUT2D eigenvalue weighted by Gasteiger charge is -2.16. The fourth-order valence-corrected chi connectivity index (χ4v) is 3.02. The molecule has 3 rings (SSSR count). The maximum absolute atomic E-state index is 4.45. The van der Waals surface area contributed by atoms with Gasteiger partial charge in [-0.25, -0.2) is 9.97 Å². The largest absolute Gasteiger partial charge is 0.313 e. The van der Waals surface area contributed by atoms with E-state index in [1.54, 1.807) is 17.7 Å². The minimum absolute atomic E-state index is 0.277. The quantitative estimate of drug-likeness (QED) is 0.790. The monoisotopic (exact) mass is 269 g/mol. The molecule has 2 heterocycles. The molecule has 4 heteroatoms. The molecule has 0 spiro atoms. The van der Waals surface area contributed by atoms with Gasteiger partial charge in [0.15, 0.2) is 0 Å². The van der Waals surface area contributed by atoms with Gasteiger partial charge in [0, 0.05) is 17.8 Å². The molecule has 1 atom stereocenters. The van der Waals surface area contributed by atoms with Gasteiger partial charge >= 0.3 is 0 Å². The normalized spacial score (nSPS) is 12.7. The highest BCUT2D eigenvalue weighted by atomic mass is 32.1. The van der Waals surface area contributed by atoms with Gasteiger partial charge in [0.05, 0.1) is 5.69 Å². The average Bonchev–Trinajstić information content (AvgIpc) is 2.95. The van der Waals surface area contributed by atoms with Crippen LogP contribution in [0.5, 0.6) is 0 Å². The van der Waals surface area contributed by atoms with Crippen molar-refractivity contribution in [3.8, 4) is 0 Å². The van der Waals surface area contributed by atoms with Gasteiger partial charge in [-0.1, -0.05) is 30.3 Å². The molecule has 0 bridgehead atoms. The third-order valence-corrected chi connectivity index (χ3v) is 4.11. The van der Waals surface area contributed by atoms with Gasteiger partial charge in [0.2, 0.25) is 0 Å². The Morgan fingerprint density at radius 2 is 2.00 bits per heavy atom. The summed E-state index contributed by atoms with van der Waals surface area (Å²) in [5, 5.41) is 6.61. The van der Waals surface area contributed by atoms with Gasteiger partial charge in [-0.3, -0.25) is 0 Å². The molecular formula is C15H15N3S. The van der Waals surface area contributed by atoms with Gasteiger partial charge in [-0.15, -0.1) is 11.3 Å². The molecule has 0 amide bonds. The smallest absolute Gasteiger partial charge is 0.126 e. The first-order valence-corrected chi connectivity index (χ1v) is 7.15. The fraction of sp³-hybridized carbons (Fsp3) is 0.200. The zero-order valence-corrected chi connectivity index (χ0v) is 11.5. The van der Waals surface area contributed by atoms with Crippen molar-refractivity contribution in [1.29, 1.82) is 0 Å². The van der Waals surface area contributed by atoms with Crippen LogP contribution in [0.2, 0.25) is 0 Å². The third-order valence-electron chi connectivity index (χ3n) is 3.29. The Labute approximate surface area is 116 Å². The predicted molar refractivity (Wildman–Crippen MR) is 79.4 cm³/mol. The van der Waals surface area contributed by atoms with Gasteiger partial charge in [0.1, 0.15) is 11.2 Å². The number of benzene rings is 1. The molecule has 0 aliphatic carbocycles. The lowest BCUT2D eigenvalue weighted by Crippen LogP contribution is -2.19. The Morgan fingerprint density at radius 1 is 1.16 bits per heavy atom. The predicted octanol–water partition coefficient (Wildman–Crippen LogP) is 3.19. The number of nitrogens with zero attached hydrogens (tertiary/aromatic N) is 2. The standard InChI is InChI=1S/C15H15N3S/c1-16-13(11-5-3-2-4-6-11)9-14-12-7-8-19-15(12)18-10-17-14/h2-8,10,13,16H,9H2,1H3. The first kappa shape index (κ1) is 12.3. The van der Waals surface area contributed by atoms with E-state index >= 15 is 0 Å². The number of hydrogen-bond acceptors (Lipinski definition) is 4. The van der Waals surface area contributed by atoms with Crippen molar-refractivity contribution in [3.63, 3.8) is 0 Å². The summed E-state index contributed by atoms with van der Waals surface area (Å²) in [5.74, 6) is 0. The molecule has 1 aromatic carbocycles. The summed E-state index contributed by atoms with van der Waals surface area (Å²) in [4.78, 5) is 9.81. The lowest BCUT2D eigenvalue weighted by atomic mass is 10.0. The topological polar surface area (TPSA) is 37.8 Å². The summed E-state index contributed by atoms with van der Waals surface area (Å²) in [6, 6.07) is 12.9. The Kier molecular flexibility index (Phi) is 3.53. The van der Waals surface area contributed by atoms with Crippen LogP contribution in [0.25, 0.3) is 10.2 Å². The van der Waals surface area contributed by atoms with Crippen molar-refractivity contribution in [2.24, 2.45) is 0 Å². The minimum Gasteiger partial charge on any atom is -0.313 e. The first-order valence-electron chi connectivity index (χ1n) is 6.28. The molecule has 0 saturated heterocycles. The highest BCUT2D eigenvalue weighted by Gasteiger charge is 2.13. The summed E-state index contributed by atoms with van der Waals surface area (Å²) >= 11 is 1.66. The number of thiophene rings is 1. The fourth-order valence-electron chi connectivity index (χ4n) is 2.27. The number of likely N-dealkylation sites (N-methyl/N-ethyl adjacent to an activating group) is 1. The van der Waals surface area contributed by atoms with Gasteiger partial charge in [-0.05, 0) is 24.1 Å². The van der Waals surface area contributed by atoms with E-state index in [4.69, 9.17) is 0 Å². The van der Waals surface area contributed by atoms with Crippen LogP contribution in [-0.2, 0) is 6.42 Å². The number of rotatable bonds is 4. The minimum atomic E-state index is 0.277. The Balaban J connectivity index is 1.93. The van der Waals surface area contributed by atoms with Crippen LogP contribution in [0, 0.1) is 0 Å². The summed E-state index contributed by atoms with van der Waals surface area (Å²) in [6.07, 6.45) is 2.53. The molecule has 0 aliphatic heterocycles. The molecule has 19 heavy (non-hydrogen) atoms. The summed E-state index contributed by atoms with van der Waals surface area (Å²) in [5.41, 5.74) is 2.39. The van der Waals surface area contributed by atoms with E-state index in [9.17, 15) is 0 Å². The molecule has 96 valence electrons. The Hall–Kier alpha value is -1.78. The number of nitrogens with one attached hydrogen (secondary N) is 1. The molecule has 0 fully saturated rings. The van der Waals surface area contributed by atoms with Crippen LogP contribution in [-0.4, -0.2) is 17.0 Å². The van der Waals surface area contributed by atoms with E-state index in [1.165, 1.54) is 10.9 Å². The van der Waals surface area contributed by atoms with E-state index in [0.29, 0.717) is 0 Å². The molecule has 3 nitrogen and oxygen atoms in total. The van der Waals surface area contributed by atoms with E-state index in [1.807, 2.05) is 13.1 Å². The zero-order valence-electron chi connectivity index (χ0n) is 10.7. The molecule has 0 radical (unpaired) electrons. The molecular weight excluding hydrogens is 254 g/mol. The zero-order chi connectivity index (χ0) is 13.1. The van der Waals surface area contributed by atoms with Crippen molar-refractivity contribution in [2.45, 2.75) is 12.5 Å². The van der Waals surface area contributed by atoms with Crippen molar-refractivity contribution >= 4 is 21.6 Å². The molecule has 0 aliphatic rings. The van der Waals surface area contributed by atoms with Crippen LogP contribution < -0.4 is 5.32 Å². The van der Waals surface area contributed by atoms with E-state index < -0.39 is 0 Å². The lowest BCUT2D eigenvalue weighted by molar-refractivity contribution is 0.586. The number of fused-ring (bicyclic) bond motifs is 1. The van der Waals surface area contributed by atoms with E-state index in [0.717, 1.165) is 16.9 Å². The van der Waals surface area contributed by atoms with Crippen LogP contribution in [0.3, 0.4) is 0 Å².